The lowest BCUT2D eigenvalue weighted by Crippen LogP contribution is -2.21. The third-order valence-electron chi connectivity index (χ3n) is 3.84. The van der Waals surface area contributed by atoms with E-state index >= 15 is 0 Å². The molecule has 2 rings (SSSR count). The topological polar surface area (TPSA) is 35.5 Å². The summed E-state index contributed by atoms with van der Waals surface area (Å²) in [6, 6.07) is 10.1. The number of allylic oxidation sites excluding steroid dienone is 1. The van der Waals surface area contributed by atoms with Gasteiger partial charge in [-0.15, -0.1) is 0 Å². The van der Waals surface area contributed by atoms with E-state index in [9.17, 15) is 4.79 Å². The molecular weight excluding hydrogens is 276 g/mol. The minimum atomic E-state index is -0.119. The number of ether oxygens (including phenoxy) is 2. The zero-order valence-corrected chi connectivity index (χ0v) is 13.6. The predicted molar refractivity (Wildman–Crippen MR) is 87.4 cm³/mol. The number of hydrogen-bond acceptors (Lipinski definition) is 3. The summed E-state index contributed by atoms with van der Waals surface area (Å²) in [6.07, 6.45) is 5.64. The first-order valence-electron chi connectivity index (χ1n) is 8.12. The number of rotatable bonds is 7. The van der Waals surface area contributed by atoms with E-state index in [2.05, 4.69) is 13.0 Å². The highest BCUT2D eigenvalue weighted by atomic mass is 16.5. The Balaban J connectivity index is 1.65. The van der Waals surface area contributed by atoms with Crippen molar-refractivity contribution in [2.45, 2.75) is 52.2 Å². The average Bonchev–Trinajstić information content (AvgIpc) is 2.48. The second-order valence-corrected chi connectivity index (χ2v) is 6.24. The summed E-state index contributed by atoms with van der Waals surface area (Å²) in [5, 5.41) is 0. The molecule has 0 saturated carbocycles. The smallest absolute Gasteiger partial charge is 0.306 e. The van der Waals surface area contributed by atoms with Crippen LogP contribution in [0.3, 0.4) is 0 Å². The highest BCUT2D eigenvalue weighted by Gasteiger charge is 2.17. The lowest BCUT2D eigenvalue weighted by molar-refractivity contribution is -0.148. The fourth-order valence-electron chi connectivity index (χ4n) is 2.67. The Bertz CT molecular complexity index is 493. The Hall–Kier alpha value is -1.61. The van der Waals surface area contributed by atoms with E-state index in [1.54, 1.807) is 0 Å². The number of benzene rings is 1. The molecule has 3 nitrogen and oxygen atoms in total. The molecule has 120 valence electrons. The van der Waals surface area contributed by atoms with E-state index in [1.165, 1.54) is 5.57 Å². The van der Waals surface area contributed by atoms with Gasteiger partial charge >= 0.3 is 5.97 Å². The van der Waals surface area contributed by atoms with Crippen LogP contribution in [0.25, 0.3) is 0 Å². The van der Waals surface area contributed by atoms with Crippen LogP contribution in [0.5, 0.6) is 0 Å². The van der Waals surface area contributed by atoms with Gasteiger partial charge in [-0.25, -0.2) is 0 Å². The van der Waals surface area contributed by atoms with Crippen molar-refractivity contribution in [1.82, 2.24) is 0 Å². The lowest BCUT2D eigenvalue weighted by atomic mass is 9.98. The van der Waals surface area contributed by atoms with Crippen LogP contribution in [0.2, 0.25) is 0 Å². The van der Waals surface area contributed by atoms with E-state index in [-0.39, 0.29) is 18.0 Å². The van der Waals surface area contributed by atoms with Crippen LogP contribution < -0.4 is 0 Å². The van der Waals surface area contributed by atoms with Crippen molar-refractivity contribution in [2.24, 2.45) is 5.92 Å². The van der Waals surface area contributed by atoms with Crippen LogP contribution in [-0.2, 0) is 20.9 Å². The van der Waals surface area contributed by atoms with E-state index in [0.29, 0.717) is 19.6 Å². The largest absolute Gasteiger partial charge is 0.458 e. The van der Waals surface area contributed by atoms with Crippen molar-refractivity contribution in [1.29, 1.82) is 0 Å². The van der Waals surface area contributed by atoms with Crippen LogP contribution in [0.4, 0.5) is 0 Å². The highest BCUT2D eigenvalue weighted by molar-refractivity contribution is 5.70. The first kappa shape index (κ1) is 16.8. The summed E-state index contributed by atoms with van der Waals surface area (Å²) in [4.78, 5) is 12.0. The van der Waals surface area contributed by atoms with Gasteiger partial charge in [-0.1, -0.05) is 42.8 Å². The highest BCUT2D eigenvalue weighted by Crippen LogP contribution is 2.20. The van der Waals surface area contributed by atoms with Crippen molar-refractivity contribution >= 4 is 5.97 Å². The first-order chi connectivity index (χ1) is 10.6. The summed E-state index contributed by atoms with van der Waals surface area (Å²) in [5.41, 5.74) is 2.48. The molecule has 0 radical (unpaired) electrons. The summed E-state index contributed by atoms with van der Waals surface area (Å²) in [5.74, 6) is 0.0524. The van der Waals surface area contributed by atoms with Crippen LogP contribution in [0.15, 0.2) is 42.0 Å². The second-order valence-electron chi connectivity index (χ2n) is 6.24. The van der Waals surface area contributed by atoms with E-state index < -0.39 is 0 Å². The van der Waals surface area contributed by atoms with Gasteiger partial charge in [0.15, 0.2) is 0 Å². The number of hydrogen-bond donors (Lipinski definition) is 0. The summed E-state index contributed by atoms with van der Waals surface area (Å²) < 4.78 is 11.2. The standard InChI is InChI=1S/C19H26O3/c1-15-7-6-10-18(11-15)22-19(20)12-16(2)13-21-14-17-8-4-3-5-9-17/h3-5,8-9,11,16,18H,6-7,10,12-14H2,1-2H3/t16-,18+/m0/s1. The molecule has 2 atom stereocenters. The normalized spacial score (nSPS) is 19.4. The minimum absolute atomic E-state index is 0.0290. The molecule has 0 N–H and O–H groups in total. The average molecular weight is 302 g/mol. The first-order valence-corrected chi connectivity index (χ1v) is 8.12. The van der Waals surface area contributed by atoms with Crippen molar-refractivity contribution in [3.05, 3.63) is 47.5 Å². The third-order valence-corrected chi connectivity index (χ3v) is 3.84. The van der Waals surface area contributed by atoms with E-state index in [4.69, 9.17) is 9.47 Å². The predicted octanol–water partition coefficient (Wildman–Crippen LogP) is 4.27. The molecule has 1 aliphatic rings. The maximum atomic E-state index is 12.0. The van der Waals surface area contributed by atoms with E-state index in [1.807, 2.05) is 37.3 Å². The molecule has 0 aromatic heterocycles. The Kier molecular flexibility index (Phi) is 6.66. The molecule has 1 aliphatic carbocycles. The molecule has 3 heteroatoms. The van der Waals surface area contributed by atoms with Gasteiger partial charge in [0.25, 0.3) is 0 Å². The molecule has 0 saturated heterocycles. The fourth-order valence-corrected chi connectivity index (χ4v) is 2.67. The zero-order valence-electron chi connectivity index (χ0n) is 13.6. The number of carbonyl (C=O) groups excluding carboxylic acids is 1. The fraction of sp³-hybridized carbons (Fsp3) is 0.526. The van der Waals surface area contributed by atoms with Crippen molar-refractivity contribution in [2.75, 3.05) is 6.61 Å². The summed E-state index contributed by atoms with van der Waals surface area (Å²) in [6.45, 7) is 5.28. The Morgan fingerprint density at radius 1 is 1.32 bits per heavy atom. The van der Waals surface area contributed by atoms with Gasteiger partial charge in [0.1, 0.15) is 6.10 Å². The molecule has 1 aromatic rings. The molecule has 0 fully saturated rings. The molecule has 0 unspecified atom stereocenters. The van der Waals surface area contributed by atoms with Crippen LogP contribution in [0.1, 0.15) is 45.1 Å². The molecule has 22 heavy (non-hydrogen) atoms. The lowest BCUT2D eigenvalue weighted by Gasteiger charge is -2.20. The van der Waals surface area contributed by atoms with Crippen LogP contribution >= 0.6 is 0 Å². The maximum absolute atomic E-state index is 12.0. The van der Waals surface area contributed by atoms with Gasteiger partial charge in [0.2, 0.25) is 0 Å². The summed E-state index contributed by atoms with van der Waals surface area (Å²) >= 11 is 0. The monoisotopic (exact) mass is 302 g/mol. The zero-order chi connectivity index (χ0) is 15.8. The molecule has 0 amide bonds. The SMILES string of the molecule is CC1=C[C@H](OC(=O)C[C@H](C)COCc2ccccc2)CCC1. The molecule has 1 aromatic carbocycles. The molecular formula is C19H26O3. The molecule has 0 aliphatic heterocycles. The van der Waals surface area contributed by atoms with E-state index in [0.717, 1.165) is 24.8 Å². The van der Waals surface area contributed by atoms with Gasteiger partial charge in [-0.05, 0) is 43.7 Å². The third kappa shape index (κ3) is 6.02. The second kappa shape index (κ2) is 8.74. The molecule has 0 bridgehead atoms. The Morgan fingerprint density at radius 3 is 2.82 bits per heavy atom. The molecule has 0 spiro atoms. The Labute approximate surface area is 133 Å². The Morgan fingerprint density at radius 2 is 2.09 bits per heavy atom. The number of esters is 1. The van der Waals surface area contributed by atoms with Gasteiger partial charge in [-0.2, -0.15) is 0 Å². The number of carbonyl (C=O) groups is 1. The van der Waals surface area contributed by atoms with Crippen molar-refractivity contribution < 1.29 is 14.3 Å². The van der Waals surface area contributed by atoms with Crippen molar-refractivity contribution in [3.63, 3.8) is 0 Å². The maximum Gasteiger partial charge on any atom is 0.306 e. The van der Waals surface area contributed by atoms with Gasteiger partial charge in [-0.3, -0.25) is 4.79 Å². The summed E-state index contributed by atoms with van der Waals surface area (Å²) in [7, 11) is 0. The van der Waals surface area contributed by atoms with Gasteiger partial charge < -0.3 is 9.47 Å². The van der Waals surface area contributed by atoms with Gasteiger partial charge in [0, 0.05) is 0 Å². The quantitative estimate of drug-likeness (QED) is 0.557. The van der Waals surface area contributed by atoms with Crippen molar-refractivity contribution in [3.8, 4) is 0 Å². The van der Waals surface area contributed by atoms with Crippen LogP contribution in [-0.4, -0.2) is 18.7 Å². The molecule has 0 heterocycles. The van der Waals surface area contributed by atoms with Crippen LogP contribution in [0, 0.1) is 5.92 Å². The van der Waals surface area contributed by atoms with Gasteiger partial charge in [0.05, 0.1) is 19.6 Å². The minimum Gasteiger partial charge on any atom is -0.458 e.